The molecule has 2 aliphatic rings. The number of imidazole rings is 1. The molecule has 31 heavy (non-hydrogen) atoms. The Bertz CT molecular complexity index is 815. The van der Waals surface area contributed by atoms with Crippen molar-refractivity contribution in [2.24, 2.45) is 4.99 Å². The average molecular weight is 539 g/mol. The maximum Gasteiger partial charge on any atom is 0.191 e. The molecule has 0 atom stereocenters. The molecule has 3 heterocycles. The van der Waals surface area contributed by atoms with Crippen LogP contribution in [-0.4, -0.2) is 70.8 Å². The maximum absolute atomic E-state index is 5.60. The summed E-state index contributed by atoms with van der Waals surface area (Å²) in [5, 5.41) is 7.08. The van der Waals surface area contributed by atoms with Gasteiger partial charge in [0.1, 0.15) is 12.1 Å². The molecule has 0 bridgehead atoms. The number of morpholine rings is 1. The lowest BCUT2D eigenvalue weighted by atomic mass is 9.80. The third-order valence-corrected chi connectivity index (χ3v) is 6.31. The molecular weight excluding hydrogens is 505 g/mol. The number of hydrogen-bond acceptors (Lipinski definition) is 5. The van der Waals surface area contributed by atoms with Gasteiger partial charge in [-0.3, -0.25) is 14.5 Å². The van der Waals surface area contributed by atoms with Gasteiger partial charge in [-0.1, -0.05) is 19.3 Å². The van der Waals surface area contributed by atoms with Gasteiger partial charge in [0.2, 0.25) is 0 Å². The van der Waals surface area contributed by atoms with E-state index >= 15 is 0 Å². The number of aromatic nitrogens is 3. The van der Waals surface area contributed by atoms with Gasteiger partial charge in [-0.2, -0.15) is 0 Å². The highest BCUT2D eigenvalue weighted by atomic mass is 127. The number of rotatable bonds is 6. The van der Waals surface area contributed by atoms with E-state index in [9.17, 15) is 0 Å². The number of halogens is 1. The molecule has 0 amide bonds. The smallest absolute Gasteiger partial charge is 0.191 e. The normalized spacial score (nSPS) is 19.5. The van der Waals surface area contributed by atoms with Gasteiger partial charge < -0.3 is 15.4 Å². The molecule has 8 nitrogen and oxygen atoms in total. The minimum absolute atomic E-state index is 0. The first-order valence-electron chi connectivity index (χ1n) is 11.0. The molecule has 0 radical (unpaired) electrons. The lowest BCUT2D eigenvalue weighted by Gasteiger charge is -2.48. The molecule has 2 aromatic heterocycles. The summed E-state index contributed by atoms with van der Waals surface area (Å²) in [7, 11) is 1.83. The summed E-state index contributed by atoms with van der Waals surface area (Å²) < 4.78 is 7.51. The van der Waals surface area contributed by atoms with Crippen LogP contribution in [0.5, 0.6) is 0 Å². The van der Waals surface area contributed by atoms with Gasteiger partial charge in [0.05, 0.1) is 13.2 Å². The predicted molar refractivity (Wildman–Crippen MR) is 133 cm³/mol. The topological polar surface area (TPSA) is 79.6 Å². The number of nitrogens with one attached hydrogen (secondary N) is 2. The van der Waals surface area contributed by atoms with Gasteiger partial charge >= 0.3 is 0 Å². The summed E-state index contributed by atoms with van der Waals surface area (Å²) in [6, 6.07) is 4.09. The molecular formula is C22H34IN7O. The van der Waals surface area contributed by atoms with Crippen molar-refractivity contribution in [3.05, 3.63) is 42.6 Å². The van der Waals surface area contributed by atoms with Crippen LogP contribution >= 0.6 is 24.0 Å². The van der Waals surface area contributed by atoms with Crippen molar-refractivity contribution in [2.75, 3.05) is 39.9 Å². The number of aliphatic imine (C=N–C) groups is 1. The van der Waals surface area contributed by atoms with Crippen LogP contribution in [0.25, 0.3) is 5.82 Å². The first-order chi connectivity index (χ1) is 14.8. The molecule has 170 valence electrons. The van der Waals surface area contributed by atoms with Crippen molar-refractivity contribution in [3.8, 4) is 5.82 Å². The molecule has 1 aliphatic carbocycles. The third-order valence-electron chi connectivity index (χ3n) is 6.31. The zero-order chi connectivity index (χ0) is 20.7. The fourth-order valence-corrected chi connectivity index (χ4v) is 4.61. The second-order valence-corrected chi connectivity index (χ2v) is 8.16. The number of hydrogen-bond donors (Lipinski definition) is 2. The largest absolute Gasteiger partial charge is 0.379 e. The van der Waals surface area contributed by atoms with Crippen LogP contribution in [-0.2, 0) is 11.3 Å². The van der Waals surface area contributed by atoms with Crippen LogP contribution in [0.3, 0.4) is 0 Å². The zero-order valence-corrected chi connectivity index (χ0v) is 20.6. The Morgan fingerprint density at radius 1 is 1.16 bits per heavy atom. The summed E-state index contributed by atoms with van der Waals surface area (Å²) >= 11 is 0. The Labute approximate surface area is 201 Å². The van der Waals surface area contributed by atoms with E-state index in [0.717, 1.165) is 50.2 Å². The molecule has 2 aromatic rings. The van der Waals surface area contributed by atoms with E-state index in [-0.39, 0.29) is 29.5 Å². The standard InChI is InChI=1S/C22H33N7O.HI/c1-23-21(26-16-19-5-8-25-20(15-19)28-10-9-24-18-28)27-17-22(6-3-2-4-7-22)29-11-13-30-14-12-29;/h5,8-10,15,18H,2-4,6-7,11-14,16-17H2,1H3,(H2,23,26,27);1H. The summed E-state index contributed by atoms with van der Waals surface area (Å²) in [6.45, 7) is 5.35. The molecule has 0 spiro atoms. The van der Waals surface area contributed by atoms with Gasteiger partial charge in [-0.25, -0.2) is 9.97 Å². The minimum atomic E-state index is 0. The van der Waals surface area contributed by atoms with Crippen molar-refractivity contribution in [1.82, 2.24) is 30.1 Å². The lowest BCUT2D eigenvalue weighted by molar-refractivity contribution is -0.0352. The third kappa shape index (κ3) is 6.17. The van der Waals surface area contributed by atoms with Crippen LogP contribution in [0, 0.1) is 0 Å². The van der Waals surface area contributed by atoms with Gasteiger partial charge in [0.25, 0.3) is 0 Å². The summed E-state index contributed by atoms with van der Waals surface area (Å²) in [5.74, 6) is 1.71. The van der Waals surface area contributed by atoms with Crippen LogP contribution < -0.4 is 10.6 Å². The van der Waals surface area contributed by atoms with Gasteiger partial charge in [-0.05, 0) is 30.5 Å². The fraction of sp³-hybridized carbons (Fsp3) is 0.591. The molecule has 2 fully saturated rings. The predicted octanol–water partition coefficient (Wildman–Crippen LogP) is 2.59. The Hall–Kier alpha value is -1.72. The average Bonchev–Trinajstić information content (AvgIpc) is 3.36. The quantitative estimate of drug-likeness (QED) is 0.334. The molecule has 2 N–H and O–H groups in total. The number of nitrogens with zero attached hydrogens (tertiary/aromatic N) is 5. The minimum Gasteiger partial charge on any atom is -0.379 e. The summed E-state index contributed by atoms with van der Waals surface area (Å²) in [4.78, 5) is 15.6. The maximum atomic E-state index is 5.60. The van der Waals surface area contributed by atoms with Crippen LogP contribution in [0.4, 0.5) is 0 Å². The van der Waals surface area contributed by atoms with E-state index in [1.165, 1.54) is 32.1 Å². The summed E-state index contributed by atoms with van der Waals surface area (Å²) in [6.07, 6.45) is 13.7. The molecule has 1 aliphatic heterocycles. The first-order valence-corrected chi connectivity index (χ1v) is 11.0. The van der Waals surface area contributed by atoms with Crippen molar-refractivity contribution < 1.29 is 4.74 Å². The Morgan fingerprint density at radius 2 is 1.97 bits per heavy atom. The van der Waals surface area contributed by atoms with Crippen molar-refractivity contribution in [3.63, 3.8) is 0 Å². The summed E-state index contributed by atoms with van der Waals surface area (Å²) in [5.41, 5.74) is 1.36. The highest BCUT2D eigenvalue weighted by Crippen LogP contribution is 2.33. The Morgan fingerprint density at radius 3 is 2.68 bits per heavy atom. The van der Waals surface area contributed by atoms with Crippen molar-refractivity contribution >= 4 is 29.9 Å². The van der Waals surface area contributed by atoms with Gasteiger partial charge in [0, 0.05) is 57.4 Å². The SMILES string of the molecule is CN=C(NCc1ccnc(-n2ccnc2)c1)NCC1(N2CCOCC2)CCCCC1.I. The Balaban J connectivity index is 0.00000272. The number of pyridine rings is 1. The number of guanidine groups is 1. The first kappa shape index (κ1) is 23.9. The second-order valence-electron chi connectivity index (χ2n) is 8.16. The van der Waals surface area contributed by atoms with Crippen molar-refractivity contribution in [1.29, 1.82) is 0 Å². The highest BCUT2D eigenvalue weighted by molar-refractivity contribution is 14.0. The molecule has 1 saturated carbocycles. The highest BCUT2D eigenvalue weighted by Gasteiger charge is 2.38. The van der Waals surface area contributed by atoms with E-state index < -0.39 is 0 Å². The van der Waals surface area contributed by atoms with Crippen LogP contribution in [0.1, 0.15) is 37.7 Å². The molecule has 1 saturated heterocycles. The zero-order valence-electron chi connectivity index (χ0n) is 18.3. The molecule has 9 heteroatoms. The van der Waals surface area contributed by atoms with Crippen LogP contribution in [0.2, 0.25) is 0 Å². The van der Waals surface area contributed by atoms with E-state index in [1.54, 1.807) is 12.5 Å². The van der Waals surface area contributed by atoms with E-state index in [1.807, 2.05) is 30.1 Å². The number of ether oxygens (including phenoxy) is 1. The molecule has 4 rings (SSSR count). The molecule has 0 unspecified atom stereocenters. The lowest BCUT2D eigenvalue weighted by Crippen LogP contribution is -2.60. The van der Waals surface area contributed by atoms with Crippen molar-refractivity contribution in [2.45, 2.75) is 44.2 Å². The van der Waals surface area contributed by atoms with E-state index in [4.69, 9.17) is 4.74 Å². The van der Waals surface area contributed by atoms with Gasteiger partial charge in [-0.15, -0.1) is 24.0 Å². The van der Waals surface area contributed by atoms with E-state index in [0.29, 0.717) is 6.54 Å². The van der Waals surface area contributed by atoms with E-state index in [2.05, 4.69) is 36.6 Å². The van der Waals surface area contributed by atoms with Crippen LogP contribution in [0.15, 0.2) is 42.0 Å². The van der Waals surface area contributed by atoms with Gasteiger partial charge in [0.15, 0.2) is 5.96 Å². The second kappa shape index (κ2) is 11.8. The Kier molecular flexibility index (Phi) is 9.09. The fourth-order valence-electron chi connectivity index (χ4n) is 4.61. The molecule has 0 aromatic carbocycles. The monoisotopic (exact) mass is 539 g/mol.